The van der Waals surface area contributed by atoms with Crippen LogP contribution in [0.3, 0.4) is 0 Å². The molecule has 0 bridgehead atoms. The van der Waals surface area contributed by atoms with Crippen molar-refractivity contribution in [2.45, 2.75) is 12.8 Å². The molecule has 0 aromatic rings. The second-order valence-electron chi connectivity index (χ2n) is 2.69. The Kier molecular flexibility index (Phi) is 11.7. The summed E-state index contributed by atoms with van der Waals surface area (Å²) in [6.07, 6.45) is 16.0. The van der Waals surface area contributed by atoms with Gasteiger partial charge in [0.25, 0.3) is 0 Å². The van der Waals surface area contributed by atoms with Crippen LogP contribution in [0.2, 0.25) is 0 Å². The number of halogens is 3. The molecule has 2 aliphatic rings. The van der Waals surface area contributed by atoms with E-state index in [4.69, 9.17) is 0 Å². The smallest absolute Gasteiger partial charge is 1.00 e. The topological polar surface area (TPSA) is 0 Å². The van der Waals surface area contributed by atoms with Crippen LogP contribution in [0, 0.1) is 0 Å². The van der Waals surface area contributed by atoms with E-state index in [1.54, 1.807) is 7.58 Å². The van der Waals surface area contributed by atoms with Crippen LogP contribution in [-0.4, -0.2) is 0 Å². The van der Waals surface area contributed by atoms with Gasteiger partial charge >= 0.3 is 76.6 Å². The Labute approximate surface area is 126 Å². The molecule has 2 aliphatic carbocycles. The van der Waals surface area contributed by atoms with Crippen molar-refractivity contribution >= 4 is 0 Å². The maximum Gasteiger partial charge on any atom is -1.00 e. The first-order valence-electron chi connectivity index (χ1n) is 3.88. The third-order valence-corrected chi connectivity index (χ3v) is 6.24. The molecule has 0 unspecified atom stereocenters. The fourth-order valence-corrected chi connectivity index (χ4v) is 5.11. The van der Waals surface area contributed by atoms with E-state index in [0.717, 1.165) is 0 Å². The minimum atomic E-state index is -0.404. The molecule has 76 valence electrons. The SMILES string of the molecule is C1=CC[C]([Ta+3][C]2=CC=CC2)=C1.[Br-].[Br-].[Br-]. The number of hydrogen-bond acceptors (Lipinski definition) is 0. The predicted octanol–water partition coefficient (Wildman–Crippen LogP) is -6.23. The molecule has 0 saturated carbocycles. The van der Waals surface area contributed by atoms with E-state index in [1.807, 2.05) is 0 Å². The van der Waals surface area contributed by atoms with Crippen LogP contribution in [-0.2, 0) is 19.8 Å². The average Bonchev–Trinajstić information content (AvgIpc) is 2.60. The normalized spacial score (nSPS) is 15.7. The van der Waals surface area contributed by atoms with Gasteiger partial charge in [-0.25, -0.2) is 0 Å². The van der Waals surface area contributed by atoms with E-state index in [9.17, 15) is 0 Å². The van der Waals surface area contributed by atoms with Crippen molar-refractivity contribution in [3.63, 3.8) is 0 Å². The van der Waals surface area contributed by atoms with Gasteiger partial charge in [-0.15, -0.1) is 0 Å². The van der Waals surface area contributed by atoms with Crippen LogP contribution in [0.4, 0.5) is 0 Å². The van der Waals surface area contributed by atoms with E-state index in [0.29, 0.717) is 0 Å². The molecule has 0 radical (unpaired) electrons. The molecule has 0 atom stereocenters. The Hall–Kier alpha value is 1.14. The monoisotopic (exact) mass is 548 g/mol. The largest absolute Gasteiger partial charge is 1.00 e. The van der Waals surface area contributed by atoms with Crippen LogP contribution >= 0.6 is 0 Å². The van der Waals surface area contributed by atoms with E-state index in [1.165, 1.54) is 12.8 Å². The summed E-state index contributed by atoms with van der Waals surface area (Å²) in [4.78, 5) is 0. The fourth-order valence-electron chi connectivity index (χ4n) is 1.22. The van der Waals surface area contributed by atoms with Crippen LogP contribution < -0.4 is 50.9 Å². The van der Waals surface area contributed by atoms with Crippen molar-refractivity contribution in [1.82, 2.24) is 0 Å². The van der Waals surface area contributed by atoms with Crippen LogP contribution in [0.5, 0.6) is 0 Å². The molecule has 0 amide bonds. The summed E-state index contributed by atoms with van der Waals surface area (Å²) in [7, 11) is 0. The summed E-state index contributed by atoms with van der Waals surface area (Å²) >= 11 is -0.404. The van der Waals surface area contributed by atoms with Crippen molar-refractivity contribution in [3.05, 3.63) is 44.0 Å². The van der Waals surface area contributed by atoms with Gasteiger partial charge in [0.1, 0.15) is 0 Å². The zero-order valence-electron chi connectivity index (χ0n) is 7.46. The zero-order valence-corrected chi connectivity index (χ0v) is 15.4. The molecule has 2 rings (SSSR count). The predicted molar refractivity (Wildman–Crippen MR) is 43.7 cm³/mol. The van der Waals surface area contributed by atoms with Gasteiger partial charge in [0.2, 0.25) is 0 Å². The summed E-state index contributed by atoms with van der Waals surface area (Å²) in [5, 5.41) is 0. The molecule has 0 fully saturated rings. The second kappa shape index (κ2) is 9.37. The maximum atomic E-state index is 2.32. The minimum Gasteiger partial charge on any atom is -1.00 e. The maximum absolute atomic E-state index is 2.32. The first-order valence-corrected chi connectivity index (χ1v) is 7.09. The van der Waals surface area contributed by atoms with Gasteiger partial charge in [-0.2, -0.15) is 0 Å². The third-order valence-electron chi connectivity index (χ3n) is 1.79. The molecular weight excluding hydrogens is 541 g/mol. The van der Waals surface area contributed by atoms with Crippen LogP contribution in [0.1, 0.15) is 12.8 Å². The molecule has 0 nitrogen and oxygen atoms in total. The summed E-state index contributed by atoms with van der Waals surface area (Å²) in [6.45, 7) is 0. The van der Waals surface area contributed by atoms with E-state index in [2.05, 4.69) is 36.5 Å². The first-order chi connectivity index (χ1) is 5.45. The number of hydrogen-bond donors (Lipinski definition) is 0. The van der Waals surface area contributed by atoms with Gasteiger partial charge in [0.15, 0.2) is 0 Å². The Morgan fingerprint density at radius 1 is 0.786 bits per heavy atom. The molecule has 0 aromatic heterocycles. The van der Waals surface area contributed by atoms with E-state index in [-0.39, 0.29) is 50.9 Å². The molecule has 0 aromatic carbocycles. The van der Waals surface area contributed by atoms with E-state index >= 15 is 0 Å². The average molecular weight is 551 g/mol. The van der Waals surface area contributed by atoms with Gasteiger partial charge < -0.3 is 50.9 Å². The Bertz CT molecular complexity index is 249. The van der Waals surface area contributed by atoms with Crippen LogP contribution in [0.25, 0.3) is 0 Å². The van der Waals surface area contributed by atoms with Crippen LogP contribution in [0.15, 0.2) is 44.0 Å². The fraction of sp³-hybridized carbons (Fsp3) is 0.200. The molecule has 0 aliphatic heterocycles. The number of rotatable bonds is 2. The van der Waals surface area contributed by atoms with Gasteiger partial charge in [-0.1, -0.05) is 0 Å². The van der Waals surface area contributed by atoms with Gasteiger partial charge in [0.05, 0.1) is 0 Å². The molecule has 0 N–H and O–H groups in total. The molecule has 0 spiro atoms. The molecule has 4 heteroatoms. The standard InChI is InChI=1S/2C5H5.3BrH.Ta/c2*1-2-4-5-3-1;;;;/h2*1-3H,4H2;3*1H;/q;;;;;+3/p-3. The minimum absolute atomic E-state index is 0. The Morgan fingerprint density at radius 2 is 1.21 bits per heavy atom. The van der Waals surface area contributed by atoms with Gasteiger partial charge in [-0.3, -0.25) is 0 Å². The Balaban J connectivity index is 0. The quantitative estimate of drug-likeness (QED) is 0.321. The van der Waals surface area contributed by atoms with Gasteiger partial charge in [0, 0.05) is 0 Å². The van der Waals surface area contributed by atoms with Crippen molar-refractivity contribution < 1.29 is 70.7 Å². The van der Waals surface area contributed by atoms with Gasteiger partial charge in [-0.05, 0) is 0 Å². The van der Waals surface area contributed by atoms with Crippen molar-refractivity contribution in [2.75, 3.05) is 0 Å². The van der Waals surface area contributed by atoms with Crippen molar-refractivity contribution in [3.8, 4) is 0 Å². The molecule has 14 heavy (non-hydrogen) atoms. The second-order valence-corrected chi connectivity index (χ2v) is 7.62. The number of allylic oxidation sites excluding steroid dienone is 8. The molecule has 0 saturated heterocycles. The van der Waals surface area contributed by atoms with E-state index < -0.39 is 19.8 Å². The molecular formula is C10H10Br3Ta. The summed E-state index contributed by atoms with van der Waals surface area (Å²) in [5.41, 5.74) is 0. The van der Waals surface area contributed by atoms with Crippen molar-refractivity contribution in [2.24, 2.45) is 0 Å². The summed E-state index contributed by atoms with van der Waals surface area (Å²) in [6, 6.07) is 0. The van der Waals surface area contributed by atoms with Crippen molar-refractivity contribution in [1.29, 1.82) is 0 Å². The first kappa shape index (κ1) is 17.5. The Morgan fingerprint density at radius 3 is 1.50 bits per heavy atom. The summed E-state index contributed by atoms with van der Waals surface area (Å²) < 4.78 is 3.47. The third kappa shape index (κ3) is 5.29. The zero-order chi connectivity index (χ0) is 7.52. The summed E-state index contributed by atoms with van der Waals surface area (Å²) in [5.74, 6) is 0. The molecule has 0 heterocycles.